The fourth-order valence-electron chi connectivity index (χ4n) is 1.67. The minimum absolute atomic E-state index is 0.0404. The molecule has 1 rings (SSSR count). The SMILES string of the molecule is CC(C)(C)CCNC(=O)c1cc(F)ccc1C#CCCO. The summed E-state index contributed by atoms with van der Waals surface area (Å²) in [6.45, 7) is 6.76. The summed E-state index contributed by atoms with van der Waals surface area (Å²) in [6.07, 6.45) is 1.15. The zero-order valence-corrected chi connectivity index (χ0v) is 12.8. The smallest absolute Gasteiger partial charge is 0.252 e. The maximum atomic E-state index is 13.3. The molecule has 1 aromatic carbocycles. The fraction of sp³-hybridized carbons (Fsp3) is 0.471. The number of benzene rings is 1. The van der Waals surface area contributed by atoms with Crippen molar-refractivity contribution >= 4 is 5.91 Å². The highest BCUT2D eigenvalue weighted by atomic mass is 19.1. The van der Waals surface area contributed by atoms with Crippen LogP contribution in [-0.2, 0) is 0 Å². The van der Waals surface area contributed by atoms with Crippen LogP contribution >= 0.6 is 0 Å². The van der Waals surface area contributed by atoms with E-state index >= 15 is 0 Å². The van der Waals surface area contributed by atoms with Gasteiger partial charge in [-0.3, -0.25) is 4.79 Å². The average molecular weight is 291 g/mol. The molecule has 0 aromatic heterocycles. The number of aliphatic hydroxyl groups excluding tert-OH is 1. The van der Waals surface area contributed by atoms with Crippen LogP contribution in [0.15, 0.2) is 18.2 Å². The van der Waals surface area contributed by atoms with Crippen molar-refractivity contribution in [2.24, 2.45) is 5.41 Å². The van der Waals surface area contributed by atoms with E-state index in [1.165, 1.54) is 18.2 Å². The molecule has 1 aromatic rings. The molecule has 0 fully saturated rings. The summed E-state index contributed by atoms with van der Waals surface area (Å²) in [6, 6.07) is 3.95. The molecule has 0 aliphatic carbocycles. The van der Waals surface area contributed by atoms with E-state index in [0.717, 1.165) is 6.42 Å². The van der Waals surface area contributed by atoms with Crippen LogP contribution in [0.2, 0.25) is 0 Å². The van der Waals surface area contributed by atoms with E-state index in [1.54, 1.807) is 0 Å². The van der Waals surface area contributed by atoms with Gasteiger partial charge < -0.3 is 10.4 Å². The first-order valence-electron chi connectivity index (χ1n) is 7.01. The van der Waals surface area contributed by atoms with E-state index in [4.69, 9.17) is 5.11 Å². The third kappa shape index (κ3) is 6.42. The summed E-state index contributed by atoms with van der Waals surface area (Å²) in [5.41, 5.74) is 0.825. The predicted molar refractivity (Wildman–Crippen MR) is 81.4 cm³/mol. The number of halogens is 1. The van der Waals surface area contributed by atoms with E-state index in [0.29, 0.717) is 18.5 Å². The number of rotatable bonds is 4. The standard InChI is InChI=1S/C17H22FNO2/c1-17(2,3)9-10-19-16(21)15-12-14(18)8-7-13(15)6-4-5-11-20/h7-8,12,20H,5,9-11H2,1-3H3,(H,19,21). The summed E-state index contributed by atoms with van der Waals surface area (Å²) in [5.74, 6) is 4.74. The Morgan fingerprint density at radius 2 is 2.10 bits per heavy atom. The van der Waals surface area contributed by atoms with Gasteiger partial charge >= 0.3 is 0 Å². The predicted octanol–water partition coefficient (Wildman–Crippen LogP) is 2.73. The van der Waals surface area contributed by atoms with Crippen LogP contribution in [0.5, 0.6) is 0 Å². The van der Waals surface area contributed by atoms with Gasteiger partial charge in [-0.15, -0.1) is 0 Å². The van der Waals surface area contributed by atoms with Gasteiger partial charge in [0, 0.05) is 18.5 Å². The van der Waals surface area contributed by atoms with Crippen LogP contribution in [-0.4, -0.2) is 24.2 Å². The van der Waals surface area contributed by atoms with Gasteiger partial charge in [0.25, 0.3) is 5.91 Å². The number of hydrogen-bond donors (Lipinski definition) is 2. The van der Waals surface area contributed by atoms with Crippen molar-refractivity contribution in [3.05, 3.63) is 35.1 Å². The fourth-order valence-corrected chi connectivity index (χ4v) is 1.67. The quantitative estimate of drug-likeness (QED) is 0.838. The summed E-state index contributed by atoms with van der Waals surface area (Å²) in [4.78, 5) is 12.1. The average Bonchev–Trinajstić information content (AvgIpc) is 2.39. The van der Waals surface area contributed by atoms with Gasteiger partial charge in [0.1, 0.15) is 5.82 Å². The normalized spacial score (nSPS) is 10.7. The van der Waals surface area contributed by atoms with Crippen molar-refractivity contribution in [2.75, 3.05) is 13.2 Å². The Bertz CT molecular complexity index is 550. The van der Waals surface area contributed by atoms with Crippen LogP contribution in [0.4, 0.5) is 4.39 Å². The van der Waals surface area contributed by atoms with Crippen LogP contribution < -0.4 is 5.32 Å². The Morgan fingerprint density at radius 3 is 2.71 bits per heavy atom. The van der Waals surface area contributed by atoms with Crippen molar-refractivity contribution in [1.82, 2.24) is 5.32 Å². The minimum atomic E-state index is -0.469. The Kier molecular flexibility index (Phi) is 6.39. The molecule has 114 valence electrons. The summed E-state index contributed by atoms with van der Waals surface area (Å²) in [7, 11) is 0. The first-order valence-corrected chi connectivity index (χ1v) is 7.01. The summed E-state index contributed by atoms with van der Waals surface area (Å²) >= 11 is 0. The number of carbonyl (C=O) groups is 1. The molecule has 0 aliphatic rings. The number of carbonyl (C=O) groups excluding carboxylic acids is 1. The molecule has 2 N–H and O–H groups in total. The largest absolute Gasteiger partial charge is 0.395 e. The van der Waals surface area contributed by atoms with E-state index in [9.17, 15) is 9.18 Å². The topological polar surface area (TPSA) is 49.3 Å². The second-order valence-electron chi connectivity index (χ2n) is 6.03. The van der Waals surface area contributed by atoms with Crippen molar-refractivity contribution in [3.8, 4) is 11.8 Å². The molecular weight excluding hydrogens is 269 g/mol. The molecule has 3 nitrogen and oxygen atoms in total. The third-order valence-electron chi connectivity index (χ3n) is 2.85. The van der Waals surface area contributed by atoms with Crippen molar-refractivity contribution in [1.29, 1.82) is 0 Å². The number of nitrogens with one attached hydrogen (secondary N) is 1. The molecule has 0 saturated carbocycles. The zero-order chi connectivity index (χ0) is 15.9. The lowest BCUT2D eigenvalue weighted by atomic mass is 9.92. The van der Waals surface area contributed by atoms with Crippen LogP contribution in [0.25, 0.3) is 0 Å². The monoisotopic (exact) mass is 291 g/mol. The highest BCUT2D eigenvalue weighted by molar-refractivity contribution is 5.96. The molecule has 0 atom stereocenters. The molecule has 0 bridgehead atoms. The van der Waals surface area contributed by atoms with Crippen LogP contribution in [0.3, 0.4) is 0 Å². The zero-order valence-electron chi connectivity index (χ0n) is 12.8. The molecule has 1 amide bonds. The second-order valence-corrected chi connectivity index (χ2v) is 6.03. The highest BCUT2D eigenvalue weighted by Crippen LogP contribution is 2.17. The molecule has 0 unspecified atom stereocenters. The van der Waals surface area contributed by atoms with Gasteiger partial charge in [-0.25, -0.2) is 4.39 Å². The number of aliphatic hydroxyl groups is 1. The van der Waals surface area contributed by atoms with E-state index < -0.39 is 5.82 Å². The molecule has 0 saturated heterocycles. The van der Waals surface area contributed by atoms with E-state index in [2.05, 4.69) is 37.9 Å². The lowest BCUT2D eigenvalue weighted by Crippen LogP contribution is -2.28. The molecule has 0 aliphatic heterocycles. The third-order valence-corrected chi connectivity index (χ3v) is 2.85. The van der Waals surface area contributed by atoms with Crippen molar-refractivity contribution < 1.29 is 14.3 Å². The Labute approximate surface area is 125 Å². The van der Waals surface area contributed by atoms with Gasteiger partial charge in [-0.2, -0.15) is 0 Å². The molecule has 0 spiro atoms. The van der Waals surface area contributed by atoms with Gasteiger partial charge in [-0.1, -0.05) is 32.6 Å². The minimum Gasteiger partial charge on any atom is -0.395 e. The van der Waals surface area contributed by atoms with Gasteiger partial charge in [0.15, 0.2) is 0 Å². The first-order chi connectivity index (χ1) is 9.83. The maximum absolute atomic E-state index is 13.3. The van der Waals surface area contributed by atoms with Crippen molar-refractivity contribution in [3.63, 3.8) is 0 Å². The Hall–Kier alpha value is -1.86. The molecule has 21 heavy (non-hydrogen) atoms. The number of hydrogen-bond acceptors (Lipinski definition) is 2. The first kappa shape index (κ1) is 17.2. The van der Waals surface area contributed by atoms with Crippen LogP contribution in [0, 0.1) is 23.1 Å². The van der Waals surface area contributed by atoms with Crippen molar-refractivity contribution in [2.45, 2.75) is 33.6 Å². The Morgan fingerprint density at radius 1 is 1.38 bits per heavy atom. The molecule has 4 heteroatoms. The second kappa shape index (κ2) is 7.80. The molecule has 0 heterocycles. The van der Waals surface area contributed by atoms with E-state index in [1.807, 2.05) is 0 Å². The lowest BCUT2D eigenvalue weighted by molar-refractivity contribution is 0.0949. The Balaban J connectivity index is 2.82. The molecular formula is C17H22FNO2. The van der Waals surface area contributed by atoms with Crippen LogP contribution in [0.1, 0.15) is 49.5 Å². The molecule has 0 radical (unpaired) electrons. The summed E-state index contributed by atoms with van der Waals surface area (Å²) in [5, 5.41) is 11.5. The maximum Gasteiger partial charge on any atom is 0.252 e. The summed E-state index contributed by atoms with van der Waals surface area (Å²) < 4.78 is 13.3. The highest BCUT2D eigenvalue weighted by Gasteiger charge is 2.14. The van der Waals surface area contributed by atoms with Gasteiger partial charge in [-0.05, 0) is 30.0 Å². The number of amides is 1. The van der Waals surface area contributed by atoms with Gasteiger partial charge in [0.2, 0.25) is 0 Å². The van der Waals surface area contributed by atoms with Gasteiger partial charge in [0.05, 0.1) is 12.2 Å². The lowest BCUT2D eigenvalue weighted by Gasteiger charge is -2.18. The van der Waals surface area contributed by atoms with E-state index in [-0.39, 0.29) is 23.5 Å².